The molecule has 1 amide bonds. The molecule has 0 aliphatic heterocycles. The second kappa shape index (κ2) is 57.7. The Kier molecular flexibility index (Phi) is 56.0. The van der Waals surface area contributed by atoms with Crippen LogP contribution in [0.15, 0.2) is 36.5 Å². The summed E-state index contributed by atoms with van der Waals surface area (Å²) in [6, 6.07) is -0.543. The lowest BCUT2D eigenvalue weighted by atomic mass is 10.0. The van der Waals surface area contributed by atoms with Gasteiger partial charge in [-0.2, -0.15) is 0 Å². The second-order valence-corrected chi connectivity index (χ2v) is 20.7. The Balaban J connectivity index is 3.39. The Bertz CT molecular complexity index is 1100. The second-order valence-electron chi connectivity index (χ2n) is 20.7. The minimum absolute atomic E-state index is 0.00207. The van der Waals surface area contributed by atoms with Crippen LogP contribution in [0.5, 0.6) is 0 Å². The fourth-order valence-corrected chi connectivity index (χ4v) is 9.26. The monoisotopic (exact) mass is 956 g/mol. The van der Waals surface area contributed by atoms with Gasteiger partial charge in [-0.25, -0.2) is 0 Å². The van der Waals surface area contributed by atoms with Gasteiger partial charge in [0.1, 0.15) is 0 Å². The van der Waals surface area contributed by atoms with E-state index >= 15 is 0 Å². The third kappa shape index (κ3) is 53.4. The topological polar surface area (TPSA) is 95.9 Å². The SMILES string of the molecule is CCC/C=C\C/C=C\CCCCCCCC(=O)OCCCCCCCCCCCCCC/C=C\CCCCCCCCCCCC(=O)NC(CO)C(O)CCCCCCCCCCCCCCC. The number of amides is 1. The van der Waals surface area contributed by atoms with Gasteiger partial charge in [-0.3, -0.25) is 9.59 Å². The van der Waals surface area contributed by atoms with E-state index in [2.05, 4.69) is 55.6 Å². The number of carbonyl (C=O) groups is 2. The lowest BCUT2D eigenvalue weighted by Crippen LogP contribution is -2.45. The van der Waals surface area contributed by atoms with Crippen molar-refractivity contribution in [1.29, 1.82) is 0 Å². The van der Waals surface area contributed by atoms with Crippen molar-refractivity contribution in [3.63, 3.8) is 0 Å². The molecule has 0 radical (unpaired) electrons. The van der Waals surface area contributed by atoms with Crippen LogP contribution >= 0.6 is 0 Å². The zero-order valence-corrected chi connectivity index (χ0v) is 45.6. The molecule has 0 heterocycles. The van der Waals surface area contributed by atoms with Gasteiger partial charge in [0.2, 0.25) is 5.91 Å². The number of esters is 1. The maximum atomic E-state index is 12.5. The molecule has 0 aromatic rings. The molecular weight excluding hydrogens is 839 g/mol. The van der Waals surface area contributed by atoms with E-state index in [-0.39, 0.29) is 18.5 Å². The number of nitrogens with one attached hydrogen (secondary N) is 1. The molecule has 0 aromatic heterocycles. The maximum Gasteiger partial charge on any atom is 0.305 e. The summed E-state index contributed by atoms with van der Waals surface area (Å²) in [6.07, 6.45) is 71.5. The Morgan fingerprint density at radius 2 is 0.765 bits per heavy atom. The highest BCUT2D eigenvalue weighted by Gasteiger charge is 2.20. The summed E-state index contributed by atoms with van der Waals surface area (Å²) in [5.74, 6) is -0.0398. The first-order valence-corrected chi connectivity index (χ1v) is 30.2. The molecule has 68 heavy (non-hydrogen) atoms. The Hall–Kier alpha value is -1.92. The number of carbonyl (C=O) groups excluding carboxylic acids is 2. The van der Waals surface area contributed by atoms with Crippen LogP contribution in [0.25, 0.3) is 0 Å². The van der Waals surface area contributed by atoms with E-state index in [1.54, 1.807) is 0 Å². The molecule has 0 rings (SSSR count). The molecule has 0 spiro atoms. The number of rotatable bonds is 56. The lowest BCUT2D eigenvalue weighted by molar-refractivity contribution is -0.143. The molecule has 0 bridgehead atoms. The van der Waals surface area contributed by atoms with Crippen LogP contribution in [0.4, 0.5) is 0 Å². The molecule has 0 aliphatic carbocycles. The largest absolute Gasteiger partial charge is 0.466 e. The summed E-state index contributed by atoms with van der Waals surface area (Å²) in [6.45, 7) is 4.89. The van der Waals surface area contributed by atoms with Gasteiger partial charge in [-0.15, -0.1) is 0 Å². The number of allylic oxidation sites excluding steroid dienone is 6. The number of ether oxygens (including phenoxy) is 1. The minimum atomic E-state index is -0.665. The average molecular weight is 957 g/mol. The predicted octanol–water partition coefficient (Wildman–Crippen LogP) is 18.8. The van der Waals surface area contributed by atoms with Gasteiger partial charge in [0, 0.05) is 12.8 Å². The van der Waals surface area contributed by atoms with Crippen molar-refractivity contribution < 1.29 is 24.5 Å². The molecule has 400 valence electrons. The minimum Gasteiger partial charge on any atom is -0.466 e. The summed E-state index contributed by atoms with van der Waals surface area (Å²) >= 11 is 0. The van der Waals surface area contributed by atoms with E-state index < -0.39 is 12.1 Å². The van der Waals surface area contributed by atoms with Crippen LogP contribution in [-0.2, 0) is 14.3 Å². The van der Waals surface area contributed by atoms with Crippen molar-refractivity contribution in [1.82, 2.24) is 5.32 Å². The smallest absolute Gasteiger partial charge is 0.305 e. The Labute approximate surface area is 424 Å². The summed E-state index contributed by atoms with van der Waals surface area (Å²) in [5, 5.41) is 23.2. The summed E-state index contributed by atoms with van der Waals surface area (Å²) < 4.78 is 5.47. The first-order valence-electron chi connectivity index (χ1n) is 30.2. The fourth-order valence-electron chi connectivity index (χ4n) is 9.26. The molecule has 6 nitrogen and oxygen atoms in total. The highest BCUT2D eigenvalue weighted by atomic mass is 16.5. The van der Waals surface area contributed by atoms with E-state index in [0.29, 0.717) is 25.9 Å². The quantitative estimate of drug-likeness (QED) is 0.0321. The summed E-state index contributed by atoms with van der Waals surface area (Å²) in [7, 11) is 0. The van der Waals surface area contributed by atoms with Crippen molar-refractivity contribution in [2.24, 2.45) is 0 Å². The van der Waals surface area contributed by atoms with E-state index in [1.807, 2.05) is 0 Å². The van der Waals surface area contributed by atoms with Crippen LogP contribution in [0.1, 0.15) is 322 Å². The van der Waals surface area contributed by atoms with E-state index in [9.17, 15) is 19.8 Å². The molecule has 0 fully saturated rings. The standard InChI is InChI=1S/C62H117NO5/c1-3-5-7-9-11-13-15-30-34-38-42-46-50-54-60(65)59(58-64)63-61(66)55-51-47-43-39-35-32-28-26-24-22-20-18-17-19-21-23-25-27-29-33-37-41-45-49-53-57-68-62(67)56-52-48-44-40-36-31-16-14-12-10-8-6-4-2/h8,10,14,16,18,20,59-60,64-65H,3-7,9,11-13,15,17,19,21-58H2,1-2H3,(H,63,66)/b10-8-,16-14-,20-18-. The highest BCUT2D eigenvalue weighted by molar-refractivity contribution is 5.76. The molecule has 3 N–H and O–H groups in total. The van der Waals surface area contributed by atoms with Gasteiger partial charge < -0.3 is 20.3 Å². The Morgan fingerprint density at radius 3 is 1.19 bits per heavy atom. The first-order chi connectivity index (χ1) is 33.5. The molecule has 0 aliphatic rings. The zero-order valence-electron chi connectivity index (χ0n) is 45.6. The van der Waals surface area contributed by atoms with Crippen molar-refractivity contribution in [3.05, 3.63) is 36.5 Å². The van der Waals surface area contributed by atoms with Gasteiger partial charge >= 0.3 is 5.97 Å². The van der Waals surface area contributed by atoms with Crippen molar-refractivity contribution >= 4 is 11.9 Å². The van der Waals surface area contributed by atoms with Crippen molar-refractivity contribution in [2.45, 2.75) is 334 Å². The van der Waals surface area contributed by atoms with Gasteiger partial charge in [0.25, 0.3) is 0 Å². The molecular formula is C62H117NO5. The first kappa shape index (κ1) is 66.1. The fraction of sp³-hybridized carbons (Fsp3) is 0.871. The van der Waals surface area contributed by atoms with Crippen LogP contribution in [0, 0.1) is 0 Å². The van der Waals surface area contributed by atoms with E-state index in [0.717, 1.165) is 51.4 Å². The van der Waals surface area contributed by atoms with Gasteiger partial charge in [0.15, 0.2) is 0 Å². The lowest BCUT2D eigenvalue weighted by Gasteiger charge is -2.22. The zero-order chi connectivity index (χ0) is 49.3. The van der Waals surface area contributed by atoms with Crippen LogP contribution in [0.2, 0.25) is 0 Å². The van der Waals surface area contributed by atoms with Gasteiger partial charge in [-0.05, 0) is 77.0 Å². The highest BCUT2D eigenvalue weighted by Crippen LogP contribution is 2.17. The van der Waals surface area contributed by atoms with Gasteiger partial charge in [-0.1, -0.05) is 269 Å². The molecule has 2 unspecified atom stereocenters. The van der Waals surface area contributed by atoms with Crippen molar-refractivity contribution in [2.75, 3.05) is 13.2 Å². The number of hydrogen-bond donors (Lipinski definition) is 3. The van der Waals surface area contributed by atoms with E-state index in [1.165, 1.54) is 238 Å². The maximum absolute atomic E-state index is 12.5. The third-order valence-electron chi connectivity index (χ3n) is 13.9. The molecule has 0 saturated heterocycles. The van der Waals surface area contributed by atoms with Gasteiger partial charge in [0.05, 0.1) is 25.4 Å². The number of hydrogen-bond acceptors (Lipinski definition) is 5. The van der Waals surface area contributed by atoms with Crippen LogP contribution in [-0.4, -0.2) is 47.4 Å². The summed E-state index contributed by atoms with van der Waals surface area (Å²) in [4.78, 5) is 24.5. The summed E-state index contributed by atoms with van der Waals surface area (Å²) in [5.41, 5.74) is 0. The Morgan fingerprint density at radius 1 is 0.412 bits per heavy atom. The van der Waals surface area contributed by atoms with Crippen LogP contribution in [0.3, 0.4) is 0 Å². The number of aliphatic hydroxyl groups excluding tert-OH is 2. The third-order valence-corrected chi connectivity index (χ3v) is 13.9. The predicted molar refractivity (Wildman–Crippen MR) is 296 cm³/mol. The molecule has 0 saturated carbocycles. The van der Waals surface area contributed by atoms with Crippen LogP contribution < -0.4 is 5.32 Å². The molecule has 0 aromatic carbocycles. The number of aliphatic hydroxyl groups is 2. The molecule has 6 heteroatoms. The number of unbranched alkanes of at least 4 members (excludes halogenated alkanes) is 39. The molecule has 2 atom stereocenters. The normalized spacial score (nSPS) is 12.8. The van der Waals surface area contributed by atoms with E-state index in [4.69, 9.17) is 4.74 Å². The van der Waals surface area contributed by atoms with Crippen molar-refractivity contribution in [3.8, 4) is 0 Å². The average Bonchev–Trinajstić information content (AvgIpc) is 3.34.